The van der Waals surface area contributed by atoms with Gasteiger partial charge in [0.1, 0.15) is 0 Å². The molecule has 0 aromatic carbocycles. The van der Waals surface area contributed by atoms with E-state index < -0.39 is 0 Å². The number of rotatable bonds is 3. The van der Waals surface area contributed by atoms with E-state index in [2.05, 4.69) is 23.5 Å². The van der Waals surface area contributed by atoms with Gasteiger partial charge in [-0.1, -0.05) is 6.92 Å². The highest BCUT2D eigenvalue weighted by molar-refractivity contribution is 5.13. The van der Waals surface area contributed by atoms with Gasteiger partial charge in [0.15, 0.2) is 0 Å². The molecule has 0 spiro atoms. The predicted octanol–water partition coefficient (Wildman–Crippen LogP) is 1.37. The highest BCUT2D eigenvalue weighted by atomic mass is 15.3. The topological polar surface area (TPSA) is 29.9 Å². The Morgan fingerprint density at radius 2 is 2.62 bits per heavy atom. The molecule has 3 heteroatoms. The quantitative estimate of drug-likeness (QED) is 0.759. The molecule has 0 aliphatic carbocycles. The monoisotopic (exact) mass is 179 g/mol. The Labute approximate surface area is 79.1 Å². The van der Waals surface area contributed by atoms with E-state index in [1.807, 2.05) is 10.9 Å². The minimum Gasteiger partial charge on any atom is -0.316 e. The third-order valence-corrected chi connectivity index (χ3v) is 2.64. The standard InChI is InChI=1S/C10H17N3/c1-2-5-13-8-10(7-12-13)9-3-4-11-6-9/h7-9,11H,2-6H2,1H3. The molecule has 1 saturated heterocycles. The molecule has 3 nitrogen and oxygen atoms in total. The molecule has 1 aliphatic heterocycles. The number of aromatic nitrogens is 2. The zero-order chi connectivity index (χ0) is 9.10. The lowest BCUT2D eigenvalue weighted by Crippen LogP contribution is -2.07. The Morgan fingerprint density at radius 3 is 3.31 bits per heavy atom. The second-order valence-electron chi connectivity index (χ2n) is 3.73. The van der Waals surface area contributed by atoms with Crippen LogP contribution in [0.2, 0.25) is 0 Å². The summed E-state index contributed by atoms with van der Waals surface area (Å²) in [7, 11) is 0. The summed E-state index contributed by atoms with van der Waals surface area (Å²) in [5.74, 6) is 0.700. The lowest BCUT2D eigenvalue weighted by atomic mass is 10.0. The van der Waals surface area contributed by atoms with E-state index >= 15 is 0 Å². The van der Waals surface area contributed by atoms with E-state index in [4.69, 9.17) is 0 Å². The fourth-order valence-corrected chi connectivity index (χ4v) is 1.88. The van der Waals surface area contributed by atoms with Crippen LogP contribution in [0.25, 0.3) is 0 Å². The Morgan fingerprint density at radius 1 is 1.69 bits per heavy atom. The van der Waals surface area contributed by atoms with Crippen molar-refractivity contribution in [3.8, 4) is 0 Å². The summed E-state index contributed by atoms with van der Waals surface area (Å²) < 4.78 is 2.05. The lowest BCUT2D eigenvalue weighted by molar-refractivity contribution is 0.601. The third-order valence-electron chi connectivity index (χ3n) is 2.64. The first-order valence-electron chi connectivity index (χ1n) is 5.13. The van der Waals surface area contributed by atoms with Gasteiger partial charge in [-0.25, -0.2) is 0 Å². The van der Waals surface area contributed by atoms with Crippen molar-refractivity contribution >= 4 is 0 Å². The zero-order valence-electron chi connectivity index (χ0n) is 8.16. The molecule has 1 fully saturated rings. The van der Waals surface area contributed by atoms with Crippen molar-refractivity contribution < 1.29 is 0 Å². The highest BCUT2D eigenvalue weighted by Gasteiger charge is 2.17. The molecule has 2 heterocycles. The predicted molar refractivity (Wildman–Crippen MR) is 52.7 cm³/mol. The second kappa shape index (κ2) is 3.92. The van der Waals surface area contributed by atoms with Crippen LogP contribution in [-0.4, -0.2) is 22.9 Å². The molecular weight excluding hydrogens is 162 g/mol. The average Bonchev–Trinajstić information content (AvgIpc) is 2.70. The lowest BCUT2D eigenvalue weighted by Gasteiger charge is -2.02. The van der Waals surface area contributed by atoms with Crippen molar-refractivity contribution in [1.29, 1.82) is 0 Å². The molecule has 1 aromatic heterocycles. The summed E-state index contributed by atoms with van der Waals surface area (Å²) in [6, 6.07) is 0. The Hall–Kier alpha value is -0.830. The normalized spacial score (nSPS) is 22.4. The first-order valence-corrected chi connectivity index (χ1v) is 5.13. The van der Waals surface area contributed by atoms with Gasteiger partial charge in [0, 0.05) is 25.2 Å². The van der Waals surface area contributed by atoms with Crippen molar-refractivity contribution in [3.05, 3.63) is 18.0 Å². The van der Waals surface area contributed by atoms with Crippen molar-refractivity contribution in [2.75, 3.05) is 13.1 Å². The number of nitrogens with one attached hydrogen (secondary N) is 1. The van der Waals surface area contributed by atoms with Gasteiger partial charge in [-0.05, 0) is 24.9 Å². The van der Waals surface area contributed by atoms with Crippen LogP contribution in [0, 0.1) is 0 Å². The fraction of sp³-hybridized carbons (Fsp3) is 0.700. The molecule has 13 heavy (non-hydrogen) atoms. The molecule has 2 rings (SSSR count). The first kappa shape index (κ1) is 8.75. The first-order chi connectivity index (χ1) is 6.40. The average molecular weight is 179 g/mol. The van der Waals surface area contributed by atoms with Crippen LogP contribution in [-0.2, 0) is 6.54 Å². The summed E-state index contributed by atoms with van der Waals surface area (Å²) in [4.78, 5) is 0. The minimum atomic E-state index is 0.700. The van der Waals surface area contributed by atoms with Gasteiger partial charge in [-0.3, -0.25) is 4.68 Å². The van der Waals surface area contributed by atoms with Gasteiger partial charge in [-0.2, -0.15) is 5.10 Å². The molecular formula is C10H17N3. The Balaban J connectivity index is 2.03. The van der Waals surface area contributed by atoms with E-state index in [1.165, 1.54) is 12.0 Å². The van der Waals surface area contributed by atoms with Crippen LogP contribution in [0.3, 0.4) is 0 Å². The smallest absolute Gasteiger partial charge is 0.0525 e. The zero-order valence-corrected chi connectivity index (χ0v) is 8.16. The molecule has 1 aliphatic rings. The molecule has 0 bridgehead atoms. The van der Waals surface area contributed by atoms with E-state index in [0.717, 1.165) is 26.1 Å². The number of aryl methyl sites for hydroxylation is 1. The molecule has 72 valence electrons. The molecule has 1 N–H and O–H groups in total. The van der Waals surface area contributed by atoms with Crippen LogP contribution < -0.4 is 5.32 Å². The number of hydrogen-bond donors (Lipinski definition) is 1. The summed E-state index contributed by atoms with van der Waals surface area (Å²) in [6.07, 6.45) is 6.64. The third kappa shape index (κ3) is 1.91. The van der Waals surface area contributed by atoms with Crippen molar-refractivity contribution in [3.63, 3.8) is 0 Å². The van der Waals surface area contributed by atoms with Crippen LogP contribution in [0.5, 0.6) is 0 Å². The summed E-state index contributed by atoms with van der Waals surface area (Å²) in [5.41, 5.74) is 1.40. The molecule has 0 radical (unpaired) electrons. The van der Waals surface area contributed by atoms with Crippen LogP contribution >= 0.6 is 0 Å². The summed E-state index contributed by atoms with van der Waals surface area (Å²) in [6.45, 7) is 5.50. The van der Waals surface area contributed by atoms with Crippen LogP contribution in [0.1, 0.15) is 31.2 Å². The molecule has 0 amide bonds. The maximum atomic E-state index is 4.34. The summed E-state index contributed by atoms with van der Waals surface area (Å²) in [5, 5.41) is 7.71. The largest absolute Gasteiger partial charge is 0.316 e. The van der Waals surface area contributed by atoms with E-state index in [-0.39, 0.29) is 0 Å². The van der Waals surface area contributed by atoms with E-state index in [9.17, 15) is 0 Å². The minimum absolute atomic E-state index is 0.700. The van der Waals surface area contributed by atoms with Gasteiger partial charge in [0.25, 0.3) is 0 Å². The van der Waals surface area contributed by atoms with Gasteiger partial charge < -0.3 is 5.32 Å². The summed E-state index contributed by atoms with van der Waals surface area (Å²) >= 11 is 0. The fourth-order valence-electron chi connectivity index (χ4n) is 1.88. The van der Waals surface area contributed by atoms with Gasteiger partial charge in [0.2, 0.25) is 0 Å². The van der Waals surface area contributed by atoms with Crippen LogP contribution in [0.4, 0.5) is 0 Å². The van der Waals surface area contributed by atoms with Crippen molar-refractivity contribution in [2.45, 2.75) is 32.2 Å². The number of nitrogens with zero attached hydrogens (tertiary/aromatic N) is 2. The maximum Gasteiger partial charge on any atom is 0.0525 e. The Bertz CT molecular complexity index is 261. The molecule has 1 aromatic rings. The molecule has 1 unspecified atom stereocenters. The van der Waals surface area contributed by atoms with Crippen LogP contribution in [0.15, 0.2) is 12.4 Å². The number of hydrogen-bond acceptors (Lipinski definition) is 2. The molecule has 1 atom stereocenters. The highest BCUT2D eigenvalue weighted by Crippen LogP contribution is 2.21. The van der Waals surface area contributed by atoms with Crippen molar-refractivity contribution in [2.24, 2.45) is 0 Å². The van der Waals surface area contributed by atoms with E-state index in [1.54, 1.807) is 0 Å². The maximum absolute atomic E-state index is 4.34. The SMILES string of the molecule is CCCn1cc(C2CCNC2)cn1. The second-order valence-corrected chi connectivity index (χ2v) is 3.73. The molecule has 0 saturated carbocycles. The van der Waals surface area contributed by atoms with Crippen molar-refractivity contribution in [1.82, 2.24) is 15.1 Å². The Kier molecular flexibility index (Phi) is 2.64. The van der Waals surface area contributed by atoms with Gasteiger partial charge in [0.05, 0.1) is 6.20 Å². The van der Waals surface area contributed by atoms with E-state index in [0.29, 0.717) is 5.92 Å². The van der Waals surface area contributed by atoms with Gasteiger partial charge in [-0.15, -0.1) is 0 Å². The van der Waals surface area contributed by atoms with Gasteiger partial charge >= 0.3 is 0 Å².